The zero-order valence-electron chi connectivity index (χ0n) is 13.3. The van der Waals surface area contributed by atoms with Crippen LogP contribution in [-0.4, -0.2) is 33.2 Å². The van der Waals surface area contributed by atoms with Crippen molar-refractivity contribution in [1.82, 2.24) is 0 Å². The molecule has 1 aliphatic heterocycles. The topological polar surface area (TPSA) is 32.8 Å². The Bertz CT molecular complexity index is 733. The Hall–Kier alpha value is -2.56. The molecule has 2 aromatic carbocycles. The summed E-state index contributed by atoms with van der Waals surface area (Å²) in [7, 11) is 3.53. The third-order valence-corrected chi connectivity index (χ3v) is 4.13. The monoisotopic (exact) mass is 314 g/mol. The predicted octanol–water partition coefficient (Wildman–Crippen LogP) is 2.86. The highest BCUT2D eigenvalue weighted by molar-refractivity contribution is 5.99. The highest BCUT2D eigenvalue weighted by atomic mass is 19.1. The predicted molar refractivity (Wildman–Crippen MR) is 88.7 cm³/mol. The Morgan fingerprint density at radius 2 is 1.96 bits per heavy atom. The minimum atomic E-state index is -0.339. The first-order valence-corrected chi connectivity index (χ1v) is 7.53. The van der Waals surface area contributed by atoms with Crippen molar-refractivity contribution in [2.75, 3.05) is 37.0 Å². The van der Waals surface area contributed by atoms with Crippen molar-refractivity contribution in [3.05, 3.63) is 53.8 Å². The number of fused-ring (bicyclic) bond motifs is 1. The lowest BCUT2D eigenvalue weighted by molar-refractivity contribution is -0.118. The molecule has 23 heavy (non-hydrogen) atoms. The van der Waals surface area contributed by atoms with Gasteiger partial charge in [-0.1, -0.05) is 18.2 Å². The normalized spacial score (nSPS) is 13.7. The van der Waals surface area contributed by atoms with E-state index in [9.17, 15) is 9.18 Å². The maximum atomic E-state index is 13.6. The number of anilines is 2. The molecule has 0 N–H and O–H groups in total. The molecule has 1 amide bonds. The van der Waals surface area contributed by atoms with Crippen molar-refractivity contribution in [2.24, 2.45) is 0 Å². The largest absolute Gasteiger partial charge is 0.496 e. The summed E-state index contributed by atoms with van der Waals surface area (Å²) < 4.78 is 18.9. The van der Waals surface area contributed by atoms with Crippen LogP contribution in [0.3, 0.4) is 0 Å². The standard InChI is InChI=1S/C18H19FN2O2/c1-20-9-10-21(16-12-14(19)7-8-15(16)20)18(22)11-13-5-3-4-6-17(13)23-2/h3-8,12H,9-11H2,1-2H3. The molecule has 4 nitrogen and oxygen atoms in total. The molecule has 0 fully saturated rings. The molecular weight excluding hydrogens is 295 g/mol. The number of carbonyl (C=O) groups excluding carboxylic acids is 1. The number of hydrogen-bond acceptors (Lipinski definition) is 3. The van der Waals surface area contributed by atoms with Crippen molar-refractivity contribution < 1.29 is 13.9 Å². The number of likely N-dealkylation sites (N-methyl/N-ethyl adjacent to an activating group) is 1. The lowest BCUT2D eigenvalue weighted by atomic mass is 10.1. The van der Waals surface area contributed by atoms with E-state index in [4.69, 9.17) is 4.74 Å². The summed E-state index contributed by atoms with van der Waals surface area (Å²) in [6, 6.07) is 12.0. The molecule has 0 bridgehead atoms. The van der Waals surface area contributed by atoms with Gasteiger partial charge in [-0.15, -0.1) is 0 Å². The lowest BCUT2D eigenvalue weighted by Gasteiger charge is -2.35. The Morgan fingerprint density at radius 3 is 2.74 bits per heavy atom. The number of methoxy groups -OCH3 is 1. The van der Waals surface area contributed by atoms with Gasteiger partial charge >= 0.3 is 0 Å². The Labute approximate surface area is 135 Å². The summed E-state index contributed by atoms with van der Waals surface area (Å²) in [6.45, 7) is 1.26. The van der Waals surface area contributed by atoms with Crippen LogP contribution in [0.5, 0.6) is 5.75 Å². The van der Waals surface area contributed by atoms with Gasteiger partial charge in [-0.2, -0.15) is 0 Å². The molecule has 5 heteroatoms. The summed E-state index contributed by atoms with van der Waals surface area (Å²) in [5.41, 5.74) is 2.32. The van der Waals surface area contributed by atoms with Crippen molar-refractivity contribution in [3.63, 3.8) is 0 Å². The van der Waals surface area contributed by atoms with Crippen LogP contribution in [0.15, 0.2) is 42.5 Å². The van der Waals surface area contributed by atoms with Crippen molar-refractivity contribution in [3.8, 4) is 5.75 Å². The average molecular weight is 314 g/mol. The molecule has 1 heterocycles. The summed E-state index contributed by atoms with van der Waals surface area (Å²) in [5.74, 6) is 0.290. The fourth-order valence-electron chi connectivity index (χ4n) is 2.89. The van der Waals surface area contributed by atoms with Gasteiger partial charge in [-0.3, -0.25) is 4.79 Å². The summed E-state index contributed by atoms with van der Waals surface area (Å²) in [6.07, 6.45) is 0.226. The van der Waals surface area contributed by atoms with Gasteiger partial charge in [0, 0.05) is 25.7 Å². The van der Waals surface area contributed by atoms with Gasteiger partial charge in [0.05, 0.1) is 24.9 Å². The highest BCUT2D eigenvalue weighted by Crippen LogP contribution is 2.33. The first-order valence-electron chi connectivity index (χ1n) is 7.53. The van der Waals surface area contributed by atoms with Crippen LogP contribution in [0, 0.1) is 5.82 Å². The number of amides is 1. The molecule has 0 aromatic heterocycles. The van der Waals surface area contributed by atoms with E-state index in [0.717, 1.165) is 17.8 Å². The van der Waals surface area contributed by atoms with E-state index in [0.29, 0.717) is 18.0 Å². The first kappa shape index (κ1) is 15.3. The number of para-hydroxylation sites is 1. The molecule has 0 aliphatic carbocycles. The van der Waals surface area contributed by atoms with E-state index in [1.807, 2.05) is 36.2 Å². The second kappa shape index (κ2) is 6.28. The van der Waals surface area contributed by atoms with Crippen molar-refractivity contribution in [2.45, 2.75) is 6.42 Å². The Balaban J connectivity index is 1.89. The first-order chi connectivity index (χ1) is 11.1. The molecule has 0 spiro atoms. The van der Waals surface area contributed by atoms with Crippen LogP contribution >= 0.6 is 0 Å². The molecule has 3 rings (SSSR count). The van der Waals surface area contributed by atoms with Crippen LogP contribution in [0.4, 0.5) is 15.8 Å². The smallest absolute Gasteiger partial charge is 0.231 e. The summed E-state index contributed by atoms with van der Waals surface area (Å²) in [5, 5.41) is 0. The average Bonchev–Trinajstić information content (AvgIpc) is 2.55. The number of carbonyl (C=O) groups is 1. The van der Waals surface area contributed by atoms with E-state index >= 15 is 0 Å². The molecule has 0 saturated heterocycles. The summed E-state index contributed by atoms with van der Waals surface area (Å²) >= 11 is 0. The fourth-order valence-corrected chi connectivity index (χ4v) is 2.89. The molecule has 0 radical (unpaired) electrons. The molecule has 1 aliphatic rings. The van der Waals surface area contributed by atoms with Gasteiger partial charge in [0.15, 0.2) is 0 Å². The van der Waals surface area contributed by atoms with Crippen LogP contribution in [0.2, 0.25) is 0 Å². The number of nitrogens with zero attached hydrogens (tertiary/aromatic N) is 2. The van der Waals surface area contributed by atoms with Crippen molar-refractivity contribution >= 4 is 17.3 Å². The van der Waals surface area contributed by atoms with E-state index in [-0.39, 0.29) is 18.1 Å². The molecule has 0 unspecified atom stereocenters. The van der Waals surface area contributed by atoms with Gasteiger partial charge in [0.1, 0.15) is 11.6 Å². The Kier molecular flexibility index (Phi) is 4.19. The molecule has 2 aromatic rings. The maximum absolute atomic E-state index is 13.6. The molecular formula is C18H19FN2O2. The fraction of sp³-hybridized carbons (Fsp3) is 0.278. The molecule has 0 atom stereocenters. The zero-order chi connectivity index (χ0) is 16.4. The SMILES string of the molecule is COc1ccccc1CC(=O)N1CCN(C)c2ccc(F)cc21. The van der Waals surface area contributed by atoms with E-state index < -0.39 is 0 Å². The van der Waals surface area contributed by atoms with E-state index in [1.165, 1.54) is 12.1 Å². The third kappa shape index (κ3) is 2.99. The van der Waals surface area contributed by atoms with Gasteiger partial charge < -0.3 is 14.5 Å². The highest BCUT2D eigenvalue weighted by Gasteiger charge is 2.26. The molecule has 0 saturated carbocycles. The van der Waals surface area contributed by atoms with E-state index in [1.54, 1.807) is 18.1 Å². The van der Waals surface area contributed by atoms with Gasteiger partial charge in [-0.05, 0) is 24.3 Å². The quantitative estimate of drug-likeness (QED) is 0.873. The number of halogens is 1. The zero-order valence-corrected chi connectivity index (χ0v) is 13.3. The Morgan fingerprint density at radius 1 is 1.17 bits per heavy atom. The number of hydrogen-bond donors (Lipinski definition) is 0. The van der Waals surface area contributed by atoms with Crippen molar-refractivity contribution in [1.29, 1.82) is 0 Å². The minimum Gasteiger partial charge on any atom is -0.496 e. The second-order valence-electron chi connectivity index (χ2n) is 5.59. The minimum absolute atomic E-state index is 0.0607. The van der Waals surface area contributed by atoms with Crippen LogP contribution in [0.25, 0.3) is 0 Å². The van der Waals surface area contributed by atoms with Gasteiger partial charge in [0.25, 0.3) is 0 Å². The lowest BCUT2D eigenvalue weighted by Crippen LogP contribution is -2.43. The van der Waals surface area contributed by atoms with E-state index in [2.05, 4.69) is 0 Å². The van der Waals surface area contributed by atoms with Crippen LogP contribution in [-0.2, 0) is 11.2 Å². The van der Waals surface area contributed by atoms with Crippen LogP contribution in [0.1, 0.15) is 5.56 Å². The van der Waals surface area contributed by atoms with Crippen LogP contribution < -0.4 is 14.5 Å². The second-order valence-corrected chi connectivity index (χ2v) is 5.59. The third-order valence-electron chi connectivity index (χ3n) is 4.13. The number of benzene rings is 2. The maximum Gasteiger partial charge on any atom is 0.231 e. The van der Waals surface area contributed by atoms with Gasteiger partial charge in [0.2, 0.25) is 5.91 Å². The number of rotatable bonds is 3. The molecule has 120 valence electrons. The van der Waals surface area contributed by atoms with Gasteiger partial charge in [-0.25, -0.2) is 4.39 Å². The number of ether oxygens (including phenoxy) is 1. The summed E-state index contributed by atoms with van der Waals surface area (Å²) in [4.78, 5) is 16.4.